The van der Waals surface area contributed by atoms with E-state index in [9.17, 15) is 19.2 Å². The van der Waals surface area contributed by atoms with Crippen molar-refractivity contribution in [3.63, 3.8) is 0 Å². The first-order chi connectivity index (χ1) is 22.2. The van der Waals surface area contributed by atoms with Gasteiger partial charge >= 0.3 is 0 Å². The summed E-state index contributed by atoms with van der Waals surface area (Å²) in [5.74, 6) is -1.78. The second kappa shape index (κ2) is 15.2. The fourth-order valence-electron chi connectivity index (χ4n) is 5.82. The molecule has 0 saturated carbocycles. The number of carbonyl (C=O) groups is 4. The maximum absolute atomic E-state index is 13.8. The van der Waals surface area contributed by atoms with Gasteiger partial charge in [-0.2, -0.15) is 0 Å². The van der Waals surface area contributed by atoms with Gasteiger partial charge in [-0.3, -0.25) is 24.1 Å². The summed E-state index contributed by atoms with van der Waals surface area (Å²) in [4.78, 5) is 59.3. The molecule has 2 aliphatic heterocycles. The molecule has 2 fully saturated rings. The minimum Gasteiger partial charge on any atom is -0.418 e. The third-order valence-electron chi connectivity index (χ3n) is 8.38. The van der Waals surface area contributed by atoms with Crippen molar-refractivity contribution in [2.24, 2.45) is 5.92 Å². The summed E-state index contributed by atoms with van der Waals surface area (Å²) in [6.07, 6.45) is 0.642. The van der Waals surface area contributed by atoms with Gasteiger partial charge in [-0.1, -0.05) is 74.0 Å². The molecule has 2 aliphatic rings. The van der Waals surface area contributed by atoms with Crippen molar-refractivity contribution < 1.29 is 28.3 Å². The molecule has 3 aromatic rings. The number of carbonyl (C=O) groups excluding carboxylic acids is 4. The summed E-state index contributed by atoms with van der Waals surface area (Å²) in [6.45, 7) is 9.02. The second-order valence-electron chi connectivity index (χ2n) is 12.3. The molecule has 1 N–H and O–H groups in total. The zero-order valence-corrected chi connectivity index (χ0v) is 26.7. The molecule has 5 rings (SSSR count). The molecule has 0 spiro atoms. The zero-order valence-electron chi connectivity index (χ0n) is 26.7. The van der Waals surface area contributed by atoms with Gasteiger partial charge in [-0.15, -0.1) is 10.2 Å². The Morgan fingerprint density at radius 2 is 1.72 bits per heavy atom. The highest BCUT2D eigenvalue weighted by Crippen LogP contribution is 2.19. The van der Waals surface area contributed by atoms with Gasteiger partial charge in [-0.25, -0.2) is 0 Å². The number of aryl methyl sites for hydroxylation is 1. The first-order valence-electron chi connectivity index (χ1n) is 15.8. The molecular weight excluding hydrogens is 588 g/mol. The van der Waals surface area contributed by atoms with Crippen molar-refractivity contribution >= 4 is 23.5 Å². The average molecular weight is 631 g/mol. The van der Waals surface area contributed by atoms with Gasteiger partial charge in [0.15, 0.2) is 0 Å². The Hall–Kier alpha value is -4.42. The molecular formula is C34H42N6O6. The van der Waals surface area contributed by atoms with E-state index in [2.05, 4.69) is 20.4 Å². The van der Waals surface area contributed by atoms with Crippen LogP contribution in [0.4, 0.5) is 0 Å². The Kier molecular flexibility index (Phi) is 10.9. The lowest BCUT2D eigenvalue weighted by Gasteiger charge is -2.41. The van der Waals surface area contributed by atoms with E-state index in [0.29, 0.717) is 38.6 Å². The summed E-state index contributed by atoms with van der Waals surface area (Å²) < 4.78 is 11.1. The monoisotopic (exact) mass is 630 g/mol. The van der Waals surface area contributed by atoms with E-state index < -0.39 is 23.8 Å². The topological polar surface area (TPSA) is 138 Å². The Labute approximate surface area is 269 Å². The third-order valence-corrected chi connectivity index (χ3v) is 8.38. The van der Waals surface area contributed by atoms with Crippen molar-refractivity contribution in [2.45, 2.75) is 45.7 Å². The number of hydrogen-bond acceptors (Lipinski definition) is 9. The fourth-order valence-corrected chi connectivity index (χ4v) is 5.82. The number of ketones is 1. The summed E-state index contributed by atoms with van der Waals surface area (Å²) >= 11 is 0. The maximum atomic E-state index is 13.8. The van der Waals surface area contributed by atoms with Gasteiger partial charge in [0, 0.05) is 32.6 Å². The van der Waals surface area contributed by atoms with E-state index in [0.717, 1.165) is 29.8 Å². The van der Waals surface area contributed by atoms with Gasteiger partial charge < -0.3 is 24.3 Å². The van der Waals surface area contributed by atoms with E-state index in [1.807, 2.05) is 61.5 Å². The highest BCUT2D eigenvalue weighted by molar-refractivity contribution is 6.00. The van der Waals surface area contributed by atoms with E-state index in [1.54, 1.807) is 18.7 Å². The molecule has 244 valence electrons. The maximum Gasteiger partial charge on any atom is 0.286 e. The summed E-state index contributed by atoms with van der Waals surface area (Å²) in [7, 11) is 0. The smallest absolute Gasteiger partial charge is 0.286 e. The van der Waals surface area contributed by atoms with Crippen molar-refractivity contribution in [2.75, 3.05) is 52.5 Å². The lowest BCUT2D eigenvalue weighted by atomic mass is 9.99. The van der Waals surface area contributed by atoms with Crippen LogP contribution in [-0.2, 0) is 32.0 Å². The molecule has 0 unspecified atom stereocenters. The lowest BCUT2D eigenvalue weighted by Crippen LogP contribution is -2.63. The molecule has 2 atom stereocenters. The Balaban J connectivity index is 1.26. The number of Topliss-reactive ketones (excluding diaryl/α,β-unsaturated/α-hetero) is 1. The minimum atomic E-state index is -0.965. The molecule has 46 heavy (non-hydrogen) atoms. The number of aromatic nitrogens is 2. The predicted octanol–water partition coefficient (Wildman–Crippen LogP) is 1.91. The SMILES string of the molecule is Cc1cccc(Cc2nnc(C(=O)[C@@H](NC(=O)CN3C(=O)CN(CCN4CCOCC4)C(=O)[C@H]3Cc3ccccc3)C(C)C)o2)c1. The molecule has 0 radical (unpaired) electrons. The summed E-state index contributed by atoms with van der Waals surface area (Å²) in [6, 6.07) is 15.5. The van der Waals surface area contributed by atoms with Crippen LogP contribution in [0.5, 0.6) is 0 Å². The van der Waals surface area contributed by atoms with Crippen LogP contribution in [0.2, 0.25) is 0 Å². The Morgan fingerprint density at radius 3 is 2.43 bits per heavy atom. The number of piperazine rings is 1. The lowest BCUT2D eigenvalue weighted by molar-refractivity contribution is -0.157. The number of hydrogen-bond donors (Lipinski definition) is 1. The Bertz CT molecular complexity index is 1520. The zero-order chi connectivity index (χ0) is 32.6. The highest BCUT2D eigenvalue weighted by atomic mass is 16.5. The van der Waals surface area contributed by atoms with Crippen LogP contribution in [0.15, 0.2) is 59.0 Å². The van der Waals surface area contributed by atoms with Crippen LogP contribution in [0.3, 0.4) is 0 Å². The normalized spacial score (nSPS) is 18.2. The number of ether oxygens (including phenoxy) is 1. The standard InChI is InChI=1S/C34H42N6O6/c1-23(2)31(32(43)33-37-36-29(46-33)20-26-11-7-8-24(3)18-26)35-28(41)21-40-27(19-25-9-5-4-6-10-25)34(44)39(22-30(40)42)13-12-38-14-16-45-17-15-38/h4-11,18,23,27,31H,12-17,19-22H2,1-3H3,(H,35,41)/t27-,31+/m1/s1. The van der Waals surface area contributed by atoms with Crippen LogP contribution >= 0.6 is 0 Å². The van der Waals surface area contributed by atoms with Crippen LogP contribution in [0.25, 0.3) is 0 Å². The predicted molar refractivity (Wildman–Crippen MR) is 169 cm³/mol. The van der Waals surface area contributed by atoms with E-state index >= 15 is 0 Å². The van der Waals surface area contributed by atoms with E-state index in [4.69, 9.17) is 9.15 Å². The molecule has 1 aromatic heterocycles. The number of nitrogens with zero attached hydrogens (tertiary/aromatic N) is 5. The third kappa shape index (κ3) is 8.43. The number of morpholine rings is 1. The quantitative estimate of drug-likeness (QED) is 0.281. The number of benzene rings is 2. The van der Waals surface area contributed by atoms with E-state index in [-0.39, 0.29) is 43.1 Å². The number of rotatable bonds is 13. The van der Waals surface area contributed by atoms with Crippen LogP contribution in [-0.4, -0.2) is 113 Å². The van der Waals surface area contributed by atoms with Gasteiger partial charge in [0.2, 0.25) is 29.4 Å². The molecule has 2 saturated heterocycles. The first-order valence-corrected chi connectivity index (χ1v) is 15.8. The molecule has 3 heterocycles. The van der Waals surface area contributed by atoms with Gasteiger partial charge in [0.1, 0.15) is 12.6 Å². The Morgan fingerprint density at radius 1 is 0.978 bits per heavy atom. The molecule has 12 nitrogen and oxygen atoms in total. The van der Waals surface area contributed by atoms with Gasteiger partial charge in [-0.05, 0) is 24.0 Å². The van der Waals surface area contributed by atoms with Crippen molar-refractivity contribution in [3.8, 4) is 0 Å². The van der Waals surface area contributed by atoms with Crippen LogP contribution in [0.1, 0.15) is 47.1 Å². The molecule has 3 amide bonds. The average Bonchev–Trinajstić information content (AvgIpc) is 3.51. The van der Waals surface area contributed by atoms with Gasteiger partial charge in [0.25, 0.3) is 5.89 Å². The van der Waals surface area contributed by atoms with Crippen LogP contribution in [0, 0.1) is 12.8 Å². The molecule has 2 aromatic carbocycles. The summed E-state index contributed by atoms with van der Waals surface area (Å²) in [5, 5.41) is 10.8. The minimum absolute atomic E-state index is 0.111. The number of nitrogens with one attached hydrogen (secondary N) is 1. The van der Waals surface area contributed by atoms with Crippen molar-refractivity contribution in [1.82, 2.24) is 30.2 Å². The van der Waals surface area contributed by atoms with Crippen molar-refractivity contribution in [3.05, 3.63) is 83.1 Å². The van der Waals surface area contributed by atoms with Crippen LogP contribution < -0.4 is 5.32 Å². The first kappa shape index (κ1) is 33.0. The molecule has 0 bridgehead atoms. The largest absolute Gasteiger partial charge is 0.418 e. The number of amides is 3. The van der Waals surface area contributed by atoms with Gasteiger partial charge in [0.05, 0.1) is 32.2 Å². The molecule has 12 heteroatoms. The molecule has 0 aliphatic carbocycles. The van der Waals surface area contributed by atoms with Crippen molar-refractivity contribution in [1.29, 1.82) is 0 Å². The highest BCUT2D eigenvalue weighted by Gasteiger charge is 2.41. The summed E-state index contributed by atoms with van der Waals surface area (Å²) in [5.41, 5.74) is 2.94. The fraction of sp³-hybridized carbons (Fsp3) is 0.471. The van der Waals surface area contributed by atoms with E-state index in [1.165, 1.54) is 4.90 Å². The second-order valence-corrected chi connectivity index (χ2v) is 12.3.